The molecule has 0 rings (SSSR count). The van der Waals surface area contributed by atoms with Crippen LogP contribution < -0.4 is 5.32 Å². The lowest BCUT2D eigenvalue weighted by Crippen LogP contribution is -2.21. The van der Waals surface area contributed by atoms with E-state index in [-0.39, 0.29) is 0 Å². The lowest BCUT2D eigenvalue weighted by molar-refractivity contribution is 0.456. The molecule has 0 aromatic rings. The molecule has 0 saturated carbocycles. The summed E-state index contributed by atoms with van der Waals surface area (Å²) in [5.41, 5.74) is 0. The predicted octanol–water partition coefficient (Wildman–Crippen LogP) is 2.03. The second-order valence-corrected chi connectivity index (χ2v) is 2.49. The molecule has 0 amide bonds. The highest BCUT2D eigenvalue weighted by Crippen LogP contribution is 2.04. The van der Waals surface area contributed by atoms with Crippen molar-refractivity contribution < 1.29 is 0 Å². The topological polar surface area (TPSA) is 12.0 Å². The highest BCUT2D eigenvalue weighted by Gasteiger charge is 1.99. The highest BCUT2D eigenvalue weighted by atomic mass is 14.8. The molecule has 0 heterocycles. The lowest BCUT2D eigenvalue weighted by atomic mass is 10.0. The van der Waals surface area contributed by atoms with Crippen LogP contribution in [0.3, 0.4) is 0 Å². The van der Waals surface area contributed by atoms with Gasteiger partial charge in [0.15, 0.2) is 0 Å². The first-order valence-corrected chi connectivity index (χ1v) is 4.05. The Morgan fingerprint density at radius 1 is 1.11 bits per heavy atom. The van der Waals surface area contributed by atoms with Crippen molar-refractivity contribution in [2.75, 3.05) is 13.1 Å². The Hall–Kier alpha value is -0.0400. The van der Waals surface area contributed by atoms with E-state index in [9.17, 15) is 0 Å². The van der Waals surface area contributed by atoms with Crippen molar-refractivity contribution in [3.8, 4) is 0 Å². The zero-order valence-corrected chi connectivity index (χ0v) is 6.91. The third-order valence-electron chi connectivity index (χ3n) is 1.84. The molecule has 0 aromatic carbocycles. The summed E-state index contributed by atoms with van der Waals surface area (Å²) in [6.07, 6.45) is 2.62. The molecule has 0 saturated heterocycles. The largest absolute Gasteiger partial charge is 0.317 e. The minimum Gasteiger partial charge on any atom is -0.317 e. The summed E-state index contributed by atoms with van der Waals surface area (Å²) in [6.45, 7) is 8.97. The van der Waals surface area contributed by atoms with Crippen molar-refractivity contribution >= 4 is 0 Å². The Kier molecular flexibility index (Phi) is 6.06. The van der Waals surface area contributed by atoms with E-state index in [2.05, 4.69) is 26.1 Å². The molecule has 1 nitrogen and oxygen atoms in total. The van der Waals surface area contributed by atoms with Crippen LogP contribution in [0.25, 0.3) is 0 Å². The van der Waals surface area contributed by atoms with E-state index in [4.69, 9.17) is 0 Å². The molecule has 56 valence electrons. The monoisotopic (exact) mass is 129 g/mol. The van der Waals surface area contributed by atoms with Crippen molar-refractivity contribution in [1.29, 1.82) is 0 Å². The van der Waals surface area contributed by atoms with Gasteiger partial charge in [-0.15, -0.1) is 0 Å². The minimum atomic E-state index is 0.893. The highest BCUT2D eigenvalue weighted by molar-refractivity contribution is 4.56. The number of nitrogens with one attached hydrogen (secondary N) is 1. The summed E-state index contributed by atoms with van der Waals surface area (Å²) in [5, 5.41) is 3.35. The van der Waals surface area contributed by atoms with Crippen LogP contribution >= 0.6 is 0 Å². The van der Waals surface area contributed by atoms with Gasteiger partial charge in [0.2, 0.25) is 0 Å². The molecule has 0 aliphatic heterocycles. The quantitative estimate of drug-likeness (QED) is 0.599. The van der Waals surface area contributed by atoms with Gasteiger partial charge in [-0.05, 0) is 19.0 Å². The molecule has 0 radical (unpaired) electrons. The third-order valence-corrected chi connectivity index (χ3v) is 1.84. The molecule has 0 bridgehead atoms. The number of hydrogen-bond acceptors (Lipinski definition) is 1. The van der Waals surface area contributed by atoms with Gasteiger partial charge in [0, 0.05) is 0 Å². The Labute approximate surface area is 58.8 Å². The molecule has 0 aliphatic carbocycles. The summed E-state index contributed by atoms with van der Waals surface area (Å²) >= 11 is 0. The first kappa shape index (κ1) is 8.96. The molecule has 0 fully saturated rings. The molecule has 0 spiro atoms. The summed E-state index contributed by atoms with van der Waals surface area (Å²) in [7, 11) is 0. The minimum absolute atomic E-state index is 0.893. The van der Waals surface area contributed by atoms with Crippen LogP contribution in [0.15, 0.2) is 0 Å². The van der Waals surface area contributed by atoms with E-state index in [1.165, 1.54) is 19.4 Å². The van der Waals surface area contributed by atoms with E-state index in [1.54, 1.807) is 0 Å². The van der Waals surface area contributed by atoms with Crippen LogP contribution in [0.5, 0.6) is 0 Å². The van der Waals surface area contributed by atoms with Crippen molar-refractivity contribution in [1.82, 2.24) is 5.32 Å². The van der Waals surface area contributed by atoms with Crippen LogP contribution in [-0.4, -0.2) is 13.1 Å². The Morgan fingerprint density at radius 2 is 1.67 bits per heavy atom. The molecule has 0 aromatic heterocycles. The van der Waals surface area contributed by atoms with E-state index < -0.39 is 0 Å². The summed E-state index contributed by atoms with van der Waals surface area (Å²) in [6, 6.07) is 0. The van der Waals surface area contributed by atoms with Crippen molar-refractivity contribution in [3.63, 3.8) is 0 Å². The molecular weight excluding hydrogens is 110 g/mol. The number of hydrogen-bond donors (Lipinski definition) is 1. The molecule has 0 aliphatic rings. The molecule has 1 heteroatoms. The smallest absolute Gasteiger partial charge is 0.00208 e. The van der Waals surface area contributed by atoms with Crippen LogP contribution in [0.1, 0.15) is 33.6 Å². The van der Waals surface area contributed by atoms with Crippen molar-refractivity contribution in [2.45, 2.75) is 33.6 Å². The maximum atomic E-state index is 3.35. The maximum absolute atomic E-state index is 3.35. The van der Waals surface area contributed by atoms with Gasteiger partial charge in [0.25, 0.3) is 0 Å². The van der Waals surface area contributed by atoms with Gasteiger partial charge in [-0.25, -0.2) is 0 Å². The molecule has 0 atom stereocenters. The van der Waals surface area contributed by atoms with Crippen LogP contribution in [0.2, 0.25) is 0 Å². The van der Waals surface area contributed by atoms with Gasteiger partial charge >= 0.3 is 0 Å². The predicted molar refractivity (Wildman–Crippen MR) is 42.6 cm³/mol. The SMILES string of the molecule is CCNCC(CC)CC. The summed E-state index contributed by atoms with van der Waals surface area (Å²) < 4.78 is 0. The molecular formula is C8H19N. The molecule has 9 heavy (non-hydrogen) atoms. The van der Waals surface area contributed by atoms with Gasteiger partial charge in [0.1, 0.15) is 0 Å². The second-order valence-electron chi connectivity index (χ2n) is 2.49. The zero-order valence-electron chi connectivity index (χ0n) is 6.91. The average Bonchev–Trinajstić information content (AvgIpc) is 1.91. The first-order chi connectivity index (χ1) is 4.35. The van der Waals surface area contributed by atoms with Gasteiger partial charge < -0.3 is 5.32 Å². The fourth-order valence-corrected chi connectivity index (χ4v) is 0.926. The van der Waals surface area contributed by atoms with E-state index in [0.717, 1.165) is 12.5 Å². The standard InChI is InChI=1S/C8H19N/c1-4-8(5-2)7-9-6-3/h8-9H,4-7H2,1-3H3. The van der Waals surface area contributed by atoms with Gasteiger partial charge in [0.05, 0.1) is 0 Å². The van der Waals surface area contributed by atoms with Crippen molar-refractivity contribution in [2.24, 2.45) is 5.92 Å². The second kappa shape index (κ2) is 6.09. The lowest BCUT2D eigenvalue weighted by Gasteiger charge is -2.11. The van der Waals surface area contributed by atoms with Crippen LogP contribution in [-0.2, 0) is 0 Å². The summed E-state index contributed by atoms with van der Waals surface area (Å²) in [5.74, 6) is 0.893. The van der Waals surface area contributed by atoms with Crippen molar-refractivity contribution in [3.05, 3.63) is 0 Å². The van der Waals surface area contributed by atoms with Crippen LogP contribution in [0, 0.1) is 5.92 Å². The molecule has 0 unspecified atom stereocenters. The first-order valence-electron chi connectivity index (χ1n) is 4.05. The van der Waals surface area contributed by atoms with E-state index in [0.29, 0.717) is 0 Å². The third kappa shape index (κ3) is 4.46. The van der Waals surface area contributed by atoms with Gasteiger partial charge in [-0.3, -0.25) is 0 Å². The van der Waals surface area contributed by atoms with Crippen LogP contribution in [0.4, 0.5) is 0 Å². The van der Waals surface area contributed by atoms with E-state index in [1.807, 2.05) is 0 Å². The fourth-order valence-electron chi connectivity index (χ4n) is 0.926. The summed E-state index contributed by atoms with van der Waals surface area (Å²) in [4.78, 5) is 0. The Balaban J connectivity index is 3.09. The van der Waals surface area contributed by atoms with Gasteiger partial charge in [-0.1, -0.05) is 33.6 Å². The van der Waals surface area contributed by atoms with E-state index >= 15 is 0 Å². The Morgan fingerprint density at radius 3 is 2.00 bits per heavy atom. The average molecular weight is 129 g/mol. The Bertz CT molecular complexity index is 48.5. The zero-order chi connectivity index (χ0) is 7.11. The maximum Gasteiger partial charge on any atom is -0.00208 e. The number of rotatable bonds is 5. The van der Waals surface area contributed by atoms with Gasteiger partial charge in [-0.2, -0.15) is 0 Å². The normalized spacial score (nSPS) is 10.7. The molecule has 1 N–H and O–H groups in total. The fraction of sp³-hybridized carbons (Fsp3) is 1.00.